The maximum atomic E-state index is 6.09. The van der Waals surface area contributed by atoms with Crippen LogP contribution in [0.1, 0.15) is 39.0 Å². The van der Waals surface area contributed by atoms with Gasteiger partial charge in [0.2, 0.25) is 0 Å². The average molecular weight is 226 g/mol. The summed E-state index contributed by atoms with van der Waals surface area (Å²) in [7, 11) is 1.83. The fourth-order valence-electron chi connectivity index (χ4n) is 3.67. The van der Waals surface area contributed by atoms with E-state index in [9.17, 15) is 0 Å². The number of methoxy groups -OCH3 is 1. The Balaban J connectivity index is 2.08. The van der Waals surface area contributed by atoms with Gasteiger partial charge in [0, 0.05) is 25.7 Å². The zero-order valence-corrected chi connectivity index (χ0v) is 10.7. The molecule has 0 radical (unpaired) electrons. The van der Waals surface area contributed by atoms with Crippen LogP contribution in [0.5, 0.6) is 0 Å². The van der Waals surface area contributed by atoms with E-state index in [0.717, 1.165) is 19.0 Å². The van der Waals surface area contributed by atoms with Gasteiger partial charge in [0.05, 0.1) is 6.10 Å². The van der Waals surface area contributed by atoms with Crippen molar-refractivity contribution < 1.29 is 4.74 Å². The number of nitrogens with two attached hydrogens (primary N) is 1. The van der Waals surface area contributed by atoms with E-state index in [1.165, 1.54) is 38.6 Å². The molecule has 16 heavy (non-hydrogen) atoms. The highest BCUT2D eigenvalue weighted by molar-refractivity contribution is 5.01. The normalized spacial score (nSPS) is 41.4. The predicted octanol–water partition coefficient (Wildman–Crippen LogP) is 1.61. The van der Waals surface area contributed by atoms with Crippen molar-refractivity contribution in [2.24, 2.45) is 11.7 Å². The quantitative estimate of drug-likeness (QED) is 0.794. The van der Waals surface area contributed by atoms with Crippen molar-refractivity contribution in [1.82, 2.24) is 4.90 Å². The maximum absolute atomic E-state index is 6.09. The lowest BCUT2D eigenvalue weighted by Gasteiger charge is -2.47. The van der Waals surface area contributed by atoms with Crippen molar-refractivity contribution in [2.45, 2.75) is 50.7 Å². The SMILES string of the molecule is COC1CCCN(C2(CN)CCCC2C)C1. The summed E-state index contributed by atoms with van der Waals surface area (Å²) >= 11 is 0. The van der Waals surface area contributed by atoms with E-state index >= 15 is 0 Å². The Bertz CT molecular complexity index is 234. The minimum absolute atomic E-state index is 0.275. The van der Waals surface area contributed by atoms with Crippen molar-refractivity contribution in [3.05, 3.63) is 0 Å². The van der Waals surface area contributed by atoms with E-state index in [1.807, 2.05) is 7.11 Å². The van der Waals surface area contributed by atoms with E-state index in [4.69, 9.17) is 10.5 Å². The van der Waals surface area contributed by atoms with Crippen molar-refractivity contribution >= 4 is 0 Å². The second kappa shape index (κ2) is 5.03. The number of piperidine rings is 1. The molecule has 0 aromatic carbocycles. The zero-order chi connectivity index (χ0) is 11.6. The summed E-state index contributed by atoms with van der Waals surface area (Å²) in [6.45, 7) is 5.47. The molecule has 3 nitrogen and oxygen atoms in total. The van der Waals surface area contributed by atoms with Crippen LogP contribution in [-0.4, -0.2) is 43.3 Å². The van der Waals surface area contributed by atoms with Gasteiger partial charge in [-0.15, -0.1) is 0 Å². The summed E-state index contributed by atoms with van der Waals surface area (Å²) in [6, 6.07) is 0. The smallest absolute Gasteiger partial charge is 0.0698 e. The number of likely N-dealkylation sites (tertiary alicyclic amines) is 1. The molecule has 1 saturated heterocycles. The Kier molecular flexibility index (Phi) is 3.88. The highest BCUT2D eigenvalue weighted by Crippen LogP contribution is 2.40. The molecule has 3 unspecified atom stereocenters. The number of ether oxygens (including phenoxy) is 1. The third-order valence-electron chi connectivity index (χ3n) is 4.86. The van der Waals surface area contributed by atoms with Crippen LogP contribution in [0, 0.1) is 5.92 Å². The van der Waals surface area contributed by atoms with Gasteiger partial charge in [0.25, 0.3) is 0 Å². The number of hydrogen-bond acceptors (Lipinski definition) is 3. The molecule has 0 spiro atoms. The molecular weight excluding hydrogens is 200 g/mol. The maximum Gasteiger partial charge on any atom is 0.0698 e. The van der Waals surface area contributed by atoms with Gasteiger partial charge in [0.1, 0.15) is 0 Å². The van der Waals surface area contributed by atoms with Crippen LogP contribution in [0.3, 0.4) is 0 Å². The van der Waals surface area contributed by atoms with Crippen LogP contribution in [0.2, 0.25) is 0 Å². The molecule has 0 aromatic rings. The third-order valence-corrected chi connectivity index (χ3v) is 4.86. The molecular formula is C13H26N2O. The molecule has 94 valence electrons. The first kappa shape index (κ1) is 12.3. The summed E-state index contributed by atoms with van der Waals surface area (Å²) in [6.07, 6.45) is 6.85. The van der Waals surface area contributed by atoms with Crippen LogP contribution in [0.4, 0.5) is 0 Å². The number of nitrogens with zero attached hydrogens (tertiary/aromatic N) is 1. The van der Waals surface area contributed by atoms with E-state index in [1.54, 1.807) is 0 Å². The lowest BCUT2D eigenvalue weighted by Crippen LogP contribution is -2.59. The van der Waals surface area contributed by atoms with Crippen LogP contribution in [0.15, 0.2) is 0 Å². The van der Waals surface area contributed by atoms with Crippen LogP contribution >= 0.6 is 0 Å². The molecule has 1 saturated carbocycles. The second-order valence-electron chi connectivity index (χ2n) is 5.55. The predicted molar refractivity (Wildman–Crippen MR) is 66.4 cm³/mol. The zero-order valence-electron chi connectivity index (χ0n) is 10.7. The minimum atomic E-state index is 0.275. The first-order chi connectivity index (χ1) is 7.73. The molecule has 3 atom stereocenters. The third kappa shape index (κ3) is 2.01. The first-order valence-corrected chi connectivity index (χ1v) is 6.71. The largest absolute Gasteiger partial charge is 0.380 e. The highest BCUT2D eigenvalue weighted by Gasteiger charge is 2.45. The summed E-state index contributed by atoms with van der Waals surface area (Å²) in [5.74, 6) is 0.744. The molecule has 3 heteroatoms. The van der Waals surface area contributed by atoms with Gasteiger partial charge in [-0.2, -0.15) is 0 Å². The Labute approximate surface area is 99.3 Å². The van der Waals surface area contributed by atoms with Gasteiger partial charge in [-0.05, 0) is 38.1 Å². The lowest BCUT2D eigenvalue weighted by atomic mass is 9.84. The molecule has 0 bridgehead atoms. The Morgan fingerprint density at radius 3 is 2.75 bits per heavy atom. The summed E-state index contributed by atoms with van der Waals surface area (Å²) in [5, 5.41) is 0. The van der Waals surface area contributed by atoms with Gasteiger partial charge in [-0.3, -0.25) is 4.90 Å². The van der Waals surface area contributed by atoms with Crippen LogP contribution in [0.25, 0.3) is 0 Å². The molecule has 1 aliphatic carbocycles. The van der Waals surface area contributed by atoms with E-state index in [-0.39, 0.29) is 5.54 Å². The molecule has 2 aliphatic rings. The fraction of sp³-hybridized carbons (Fsp3) is 1.00. The lowest BCUT2D eigenvalue weighted by molar-refractivity contribution is -0.0286. The van der Waals surface area contributed by atoms with Gasteiger partial charge >= 0.3 is 0 Å². The molecule has 2 fully saturated rings. The van der Waals surface area contributed by atoms with Gasteiger partial charge < -0.3 is 10.5 Å². The van der Waals surface area contributed by atoms with E-state index in [2.05, 4.69) is 11.8 Å². The average Bonchev–Trinajstić information content (AvgIpc) is 2.71. The summed E-state index contributed by atoms with van der Waals surface area (Å²) < 4.78 is 5.52. The molecule has 0 aromatic heterocycles. The molecule has 1 aliphatic heterocycles. The molecule has 2 N–H and O–H groups in total. The Morgan fingerprint density at radius 2 is 2.19 bits per heavy atom. The van der Waals surface area contributed by atoms with Crippen molar-refractivity contribution in [1.29, 1.82) is 0 Å². The van der Waals surface area contributed by atoms with Crippen molar-refractivity contribution in [3.8, 4) is 0 Å². The van der Waals surface area contributed by atoms with Crippen molar-refractivity contribution in [2.75, 3.05) is 26.7 Å². The van der Waals surface area contributed by atoms with E-state index in [0.29, 0.717) is 6.10 Å². The summed E-state index contributed by atoms with van der Waals surface area (Å²) in [4.78, 5) is 2.63. The second-order valence-corrected chi connectivity index (χ2v) is 5.55. The minimum Gasteiger partial charge on any atom is -0.380 e. The Morgan fingerprint density at radius 1 is 1.38 bits per heavy atom. The van der Waals surface area contributed by atoms with Crippen LogP contribution in [-0.2, 0) is 4.74 Å². The number of rotatable bonds is 3. The van der Waals surface area contributed by atoms with Crippen molar-refractivity contribution in [3.63, 3.8) is 0 Å². The van der Waals surface area contributed by atoms with Gasteiger partial charge in [-0.25, -0.2) is 0 Å². The van der Waals surface area contributed by atoms with Crippen LogP contribution < -0.4 is 5.73 Å². The topological polar surface area (TPSA) is 38.5 Å². The van der Waals surface area contributed by atoms with Gasteiger partial charge in [-0.1, -0.05) is 13.3 Å². The Hall–Kier alpha value is -0.120. The first-order valence-electron chi connectivity index (χ1n) is 6.71. The highest BCUT2D eigenvalue weighted by atomic mass is 16.5. The molecule has 0 amide bonds. The monoisotopic (exact) mass is 226 g/mol. The summed E-state index contributed by atoms with van der Waals surface area (Å²) in [5.41, 5.74) is 6.37. The fourth-order valence-corrected chi connectivity index (χ4v) is 3.67. The number of hydrogen-bond donors (Lipinski definition) is 1. The molecule has 2 rings (SSSR count). The standard InChI is InChI=1S/C13H26N2O/c1-11-5-3-7-13(11,10-14)15-8-4-6-12(9-15)16-2/h11-12H,3-10,14H2,1-2H3. The molecule has 1 heterocycles. The van der Waals surface area contributed by atoms with E-state index < -0.39 is 0 Å². The van der Waals surface area contributed by atoms with Gasteiger partial charge in [0.15, 0.2) is 0 Å².